The number of hydrogen-bond donors (Lipinski definition) is 1. The van der Waals surface area contributed by atoms with Gasteiger partial charge in [-0.25, -0.2) is 4.79 Å². The molecule has 1 saturated heterocycles. The zero-order chi connectivity index (χ0) is 29.3. The summed E-state index contributed by atoms with van der Waals surface area (Å²) in [6, 6.07) is 12.0. The molecule has 4 atom stereocenters. The smallest absolute Gasteiger partial charge is 0.330 e. The number of carbonyl (C=O) groups is 2. The highest BCUT2D eigenvalue weighted by Gasteiger charge is 2.62. The molecule has 0 aromatic heterocycles. The van der Waals surface area contributed by atoms with Crippen LogP contribution in [0.2, 0.25) is 0 Å². The van der Waals surface area contributed by atoms with E-state index in [0.717, 1.165) is 11.3 Å². The first kappa shape index (κ1) is 27.2. The third-order valence-corrected chi connectivity index (χ3v) is 8.50. The number of benzene rings is 2. The minimum Gasteiger partial charge on any atom is -0.497 e. The van der Waals surface area contributed by atoms with Crippen LogP contribution in [0.5, 0.6) is 17.2 Å². The fourth-order valence-electron chi connectivity index (χ4n) is 6.30. The predicted molar refractivity (Wildman–Crippen MR) is 155 cm³/mol. The molecule has 2 aromatic carbocycles. The van der Waals surface area contributed by atoms with E-state index in [1.54, 1.807) is 30.1 Å². The molecule has 6 rings (SSSR count). The van der Waals surface area contributed by atoms with Crippen molar-refractivity contribution in [2.75, 3.05) is 20.8 Å². The first-order valence-electron chi connectivity index (χ1n) is 13.6. The number of aliphatic imine (C=N–C) groups is 1. The number of urea groups is 1. The Morgan fingerprint density at radius 1 is 1.02 bits per heavy atom. The Balaban J connectivity index is 1.59. The van der Waals surface area contributed by atoms with Crippen molar-refractivity contribution in [3.8, 4) is 17.2 Å². The molecule has 0 bridgehead atoms. The molecule has 0 radical (unpaired) electrons. The number of nitrogens with one attached hydrogen (secondary N) is 1. The Bertz CT molecular complexity index is 1530. The second kappa shape index (κ2) is 9.55. The van der Waals surface area contributed by atoms with E-state index in [9.17, 15) is 9.59 Å². The van der Waals surface area contributed by atoms with Crippen molar-refractivity contribution in [2.24, 2.45) is 10.4 Å². The van der Waals surface area contributed by atoms with Gasteiger partial charge in [0.05, 0.1) is 54.8 Å². The predicted octanol–water partition coefficient (Wildman–Crippen LogP) is 5.01. The summed E-state index contributed by atoms with van der Waals surface area (Å²) in [6.45, 7) is 7.66. The average Bonchev–Trinajstić information content (AvgIpc) is 3.35. The molecule has 0 saturated carbocycles. The van der Waals surface area contributed by atoms with E-state index in [-0.39, 0.29) is 24.6 Å². The van der Waals surface area contributed by atoms with Gasteiger partial charge in [-0.3, -0.25) is 19.6 Å². The molecular formula is C31H33ClN4O5. The van der Waals surface area contributed by atoms with E-state index in [4.69, 9.17) is 30.8 Å². The summed E-state index contributed by atoms with van der Waals surface area (Å²) >= 11 is 6.90. The Morgan fingerprint density at radius 2 is 1.71 bits per heavy atom. The van der Waals surface area contributed by atoms with Crippen LogP contribution in [-0.2, 0) is 4.79 Å². The van der Waals surface area contributed by atoms with E-state index in [1.807, 2.05) is 63.2 Å². The Labute approximate surface area is 244 Å². The van der Waals surface area contributed by atoms with Crippen molar-refractivity contribution in [2.45, 2.75) is 50.8 Å². The Morgan fingerprint density at radius 3 is 2.37 bits per heavy atom. The number of ether oxygens (including phenoxy) is 3. The topological polar surface area (TPSA) is 92.7 Å². The van der Waals surface area contributed by atoms with Crippen LogP contribution in [-0.4, -0.2) is 65.4 Å². The molecule has 10 heteroatoms. The van der Waals surface area contributed by atoms with Crippen molar-refractivity contribution in [1.82, 2.24) is 15.1 Å². The zero-order valence-electron chi connectivity index (χ0n) is 23.9. The van der Waals surface area contributed by atoms with Gasteiger partial charge < -0.3 is 19.5 Å². The van der Waals surface area contributed by atoms with Crippen LogP contribution < -0.4 is 19.5 Å². The first-order chi connectivity index (χ1) is 19.5. The van der Waals surface area contributed by atoms with E-state index >= 15 is 0 Å². The lowest BCUT2D eigenvalue weighted by molar-refractivity contribution is -0.122. The van der Waals surface area contributed by atoms with Gasteiger partial charge in [-0.2, -0.15) is 0 Å². The number of nitrogens with zero attached hydrogens (tertiary/aromatic N) is 3. The molecule has 214 valence electrons. The zero-order valence-corrected chi connectivity index (χ0v) is 24.7. The highest BCUT2D eigenvalue weighted by atomic mass is 35.5. The quantitative estimate of drug-likeness (QED) is 0.385. The lowest BCUT2D eigenvalue weighted by atomic mass is 9.67. The van der Waals surface area contributed by atoms with Gasteiger partial charge in [0.25, 0.3) is 0 Å². The van der Waals surface area contributed by atoms with Gasteiger partial charge in [0.1, 0.15) is 34.5 Å². The maximum absolute atomic E-state index is 14.5. The maximum atomic E-state index is 14.5. The summed E-state index contributed by atoms with van der Waals surface area (Å²) in [7, 11) is 3.22. The fourth-order valence-corrected chi connectivity index (χ4v) is 6.50. The standard InChI is InChI=1S/C31H33ClN4O5/c1-17(2)41-22-15-20(40-6)11-12-21(22)28-34-24(18-7-9-19(39-5)10-8-18)26-30(3)13-14-31(4,32)25-27(30)35(16-23(37)33-25)29(38)36(26)28/h7-15,17,24,26H,16H2,1-6H3,(H,33,37)/t24-,26-,30?,31?/m0/s1. The van der Waals surface area contributed by atoms with Crippen molar-refractivity contribution in [3.63, 3.8) is 0 Å². The molecule has 3 aliphatic heterocycles. The summed E-state index contributed by atoms with van der Waals surface area (Å²) in [5, 5.41) is 2.98. The van der Waals surface area contributed by atoms with Gasteiger partial charge in [-0.15, -0.1) is 11.6 Å². The third kappa shape index (κ3) is 4.17. The normalized spacial score (nSPS) is 28.3. The molecule has 1 aliphatic carbocycles. The van der Waals surface area contributed by atoms with Crippen LogP contribution in [0.25, 0.3) is 0 Å². The van der Waals surface area contributed by atoms with Gasteiger partial charge in [-0.05, 0) is 57.5 Å². The average molecular weight is 577 g/mol. The monoisotopic (exact) mass is 576 g/mol. The third-order valence-electron chi connectivity index (χ3n) is 8.18. The van der Waals surface area contributed by atoms with Crippen molar-refractivity contribution in [3.05, 3.63) is 77.1 Å². The summed E-state index contributed by atoms with van der Waals surface area (Å²) in [5.41, 5.74) is 2.09. The highest BCUT2D eigenvalue weighted by Crippen LogP contribution is 2.56. The molecule has 4 aliphatic rings. The SMILES string of the molecule is COc1ccc([C@@H]2N=C(c3ccc(OC)cc3OC(C)C)N3C(=O)N4CC(=O)NC5=C4C(C)(C=CC5(C)Cl)[C@H]23)cc1. The van der Waals surface area contributed by atoms with Crippen LogP contribution in [0.4, 0.5) is 4.79 Å². The Kier molecular flexibility index (Phi) is 6.33. The number of hydrogen-bond acceptors (Lipinski definition) is 6. The highest BCUT2D eigenvalue weighted by molar-refractivity contribution is 6.27. The van der Waals surface area contributed by atoms with Crippen LogP contribution in [0, 0.1) is 5.41 Å². The number of rotatable bonds is 6. The first-order valence-corrected chi connectivity index (χ1v) is 14.0. The number of fused-ring (bicyclic) bond motifs is 2. The molecule has 3 heterocycles. The molecule has 9 nitrogen and oxygen atoms in total. The number of carbonyl (C=O) groups excluding carboxylic acids is 2. The van der Waals surface area contributed by atoms with Crippen molar-refractivity contribution in [1.29, 1.82) is 0 Å². The minimum absolute atomic E-state index is 0.115. The molecule has 41 heavy (non-hydrogen) atoms. The number of halogens is 1. The summed E-state index contributed by atoms with van der Waals surface area (Å²) < 4.78 is 17.1. The summed E-state index contributed by atoms with van der Waals surface area (Å²) in [6.07, 6.45) is 3.83. The van der Waals surface area contributed by atoms with Crippen LogP contribution in [0.15, 0.2) is 71.0 Å². The van der Waals surface area contributed by atoms with E-state index in [0.29, 0.717) is 34.3 Å². The summed E-state index contributed by atoms with van der Waals surface area (Å²) in [5.74, 6) is 2.08. The van der Waals surface area contributed by atoms with Gasteiger partial charge >= 0.3 is 6.03 Å². The van der Waals surface area contributed by atoms with Crippen molar-refractivity contribution >= 4 is 29.4 Å². The Hall–Kier alpha value is -3.98. The van der Waals surface area contributed by atoms with Gasteiger partial charge in [-0.1, -0.05) is 24.3 Å². The molecule has 2 unspecified atom stereocenters. The lowest BCUT2D eigenvalue weighted by Gasteiger charge is -2.55. The van der Waals surface area contributed by atoms with E-state index in [1.165, 1.54) is 0 Å². The fraction of sp³-hybridized carbons (Fsp3) is 0.387. The lowest BCUT2D eigenvalue weighted by Crippen LogP contribution is -2.67. The van der Waals surface area contributed by atoms with Crippen molar-refractivity contribution < 1.29 is 23.8 Å². The minimum atomic E-state index is -0.974. The maximum Gasteiger partial charge on any atom is 0.330 e. The van der Waals surface area contributed by atoms with Gasteiger partial charge in [0, 0.05) is 6.07 Å². The number of methoxy groups -OCH3 is 2. The number of amidine groups is 1. The van der Waals surface area contributed by atoms with Crippen LogP contribution in [0.1, 0.15) is 44.9 Å². The van der Waals surface area contributed by atoms with Gasteiger partial charge in [0.2, 0.25) is 5.91 Å². The molecular weight excluding hydrogens is 544 g/mol. The largest absolute Gasteiger partial charge is 0.497 e. The second-order valence-corrected chi connectivity index (χ2v) is 12.1. The number of allylic oxidation sites excluding steroid dienone is 1. The van der Waals surface area contributed by atoms with E-state index < -0.39 is 22.4 Å². The number of alkyl halides is 1. The van der Waals surface area contributed by atoms with Gasteiger partial charge in [0.15, 0.2) is 0 Å². The molecule has 3 amide bonds. The second-order valence-electron chi connectivity index (χ2n) is 11.3. The molecule has 2 aromatic rings. The molecule has 1 N–H and O–H groups in total. The van der Waals surface area contributed by atoms with Crippen LogP contribution >= 0.6 is 11.6 Å². The number of amides is 3. The van der Waals surface area contributed by atoms with Crippen LogP contribution in [0.3, 0.4) is 0 Å². The molecule has 1 fully saturated rings. The molecule has 0 spiro atoms. The summed E-state index contributed by atoms with van der Waals surface area (Å²) in [4.78, 5) is 34.9. The van der Waals surface area contributed by atoms with E-state index in [2.05, 4.69) is 18.3 Å².